The number of carbonyl (C=O) groups is 1. The van der Waals surface area contributed by atoms with Crippen molar-refractivity contribution in [3.05, 3.63) is 69.3 Å². The molecule has 0 atom stereocenters. The maximum Gasteiger partial charge on any atom is 0.276 e. The second-order valence-electron chi connectivity index (χ2n) is 5.81. The Balaban J connectivity index is 1.79. The number of nitrogens with zero attached hydrogens (tertiary/aromatic N) is 3. The zero-order valence-corrected chi connectivity index (χ0v) is 13.7. The van der Waals surface area contributed by atoms with Crippen LogP contribution in [0.4, 0.5) is 8.78 Å². The zero-order chi connectivity index (χ0) is 18.1. The van der Waals surface area contributed by atoms with Crippen LogP contribution in [0.15, 0.2) is 35.3 Å². The van der Waals surface area contributed by atoms with Crippen LogP contribution in [-0.2, 0) is 17.8 Å². The van der Waals surface area contributed by atoms with Gasteiger partial charge >= 0.3 is 0 Å². The largest absolute Gasteiger partial charge is 0.341 e. The smallest absolute Gasteiger partial charge is 0.276 e. The van der Waals surface area contributed by atoms with E-state index in [2.05, 4.69) is 10.1 Å². The molecule has 3 rings (SSSR count). The summed E-state index contributed by atoms with van der Waals surface area (Å²) in [6.45, 7) is 1.78. The summed E-state index contributed by atoms with van der Waals surface area (Å²) < 4.78 is 27.5. The van der Waals surface area contributed by atoms with Gasteiger partial charge in [0, 0.05) is 37.1 Å². The summed E-state index contributed by atoms with van der Waals surface area (Å²) in [6.07, 6.45) is 1.46. The number of aromatic amines is 1. The molecule has 1 aromatic carbocycles. The molecule has 1 amide bonds. The van der Waals surface area contributed by atoms with Crippen LogP contribution in [0.3, 0.4) is 0 Å². The van der Waals surface area contributed by atoms with E-state index in [1.807, 2.05) is 0 Å². The molecule has 0 aliphatic carbocycles. The van der Waals surface area contributed by atoms with Gasteiger partial charge in [-0.2, -0.15) is 0 Å². The number of fused-ring (bicyclic) bond motifs is 1. The van der Waals surface area contributed by atoms with E-state index >= 15 is 0 Å². The third kappa shape index (κ3) is 3.28. The normalized spacial score (nSPS) is 11.0. The molecule has 3 aromatic rings. The second-order valence-corrected chi connectivity index (χ2v) is 5.81. The summed E-state index contributed by atoms with van der Waals surface area (Å²) >= 11 is 0. The molecule has 2 aromatic heterocycles. The molecule has 130 valence electrons. The van der Waals surface area contributed by atoms with Crippen molar-refractivity contribution in [3.8, 4) is 0 Å². The quantitative estimate of drug-likeness (QED) is 0.783. The van der Waals surface area contributed by atoms with Crippen LogP contribution in [0.5, 0.6) is 0 Å². The van der Waals surface area contributed by atoms with Gasteiger partial charge in [-0.15, -0.1) is 0 Å². The number of benzene rings is 1. The number of carbonyl (C=O) groups excluding carboxylic acids is 1. The van der Waals surface area contributed by atoms with Crippen LogP contribution in [0, 0.1) is 18.6 Å². The van der Waals surface area contributed by atoms with Crippen molar-refractivity contribution < 1.29 is 13.6 Å². The Bertz CT molecular complexity index is 1010. The van der Waals surface area contributed by atoms with Crippen LogP contribution in [0.1, 0.15) is 16.8 Å². The van der Waals surface area contributed by atoms with Gasteiger partial charge in [0.1, 0.15) is 0 Å². The molecule has 0 bridgehead atoms. The molecule has 0 fully saturated rings. The molecule has 1 N–H and O–H groups in total. The Morgan fingerprint density at radius 2 is 2.04 bits per heavy atom. The highest BCUT2D eigenvalue weighted by Gasteiger charge is 2.17. The van der Waals surface area contributed by atoms with Crippen molar-refractivity contribution in [2.24, 2.45) is 0 Å². The minimum Gasteiger partial charge on any atom is -0.341 e. The molecule has 25 heavy (non-hydrogen) atoms. The number of likely N-dealkylation sites (N-methyl/N-ethyl adjacent to an activating group) is 1. The Hall–Kier alpha value is -3.03. The molecule has 0 unspecified atom stereocenters. The standard InChI is InChI=1S/C17H16F2N4O2/c1-10-12(17(25)23-15(21-10)5-6-20-23)8-16(24)22(2)9-11-3-4-13(18)14(19)7-11/h3-7,20H,8-9H2,1-2H3. The van der Waals surface area contributed by atoms with Crippen molar-refractivity contribution in [2.75, 3.05) is 7.05 Å². The fraction of sp³-hybridized carbons (Fsp3) is 0.235. The summed E-state index contributed by atoms with van der Waals surface area (Å²) in [7, 11) is 1.54. The van der Waals surface area contributed by atoms with Gasteiger partial charge in [0.15, 0.2) is 17.3 Å². The van der Waals surface area contributed by atoms with Gasteiger partial charge in [-0.1, -0.05) is 6.07 Å². The molecule has 0 aliphatic rings. The van der Waals surface area contributed by atoms with E-state index in [1.54, 1.807) is 19.2 Å². The SMILES string of the molecule is Cc1nc2cc[nH]n2c(=O)c1CC(=O)N(C)Cc1ccc(F)c(F)c1. The van der Waals surface area contributed by atoms with Crippen LogP contribution in [0.2, 0.25) is 0 Å². The number of hydrogen-bond acceptors (Lipinski definition) is 3. The minimum absolute atomic E-state index is 0.106. The minimum atomic E-state index is -0.964. The molecular formula is C17H16F2N4O2. The van der Waals surface area contributed by atoms with Gasteiger partial charge in [0.2, 0.25) is 5.91 Å². The Morgan fingerprint density at radius 3 is 2.76 bits per heavy atom. The van der Waals surface area contributed by atoms with E-state index in [4.69, 9.17) is 0 Å². The topological polar surface area (TPSA) is 70.5 Å². The van der Waals surface area contributed by atoms with Crippen LogP contribution in [-0.4, -0.2) is 32.5 Å². The van der Waals surface area contributed by atoms with E-state index in [0.29, 0.717) is 22.5 Å². The Morgan fingerprint density at radius 1 is 1.28 bits per heavy atom. The van der Waals surface area contributed by atoms with E-state index < -0.39 is 11.6 Å². The highest BCUT2D eigenvalue weighted by Crippen LogP contribution is 2.12. The van der Waals surface area contributed by atoms with Crippen LogP contribution < -0.4 is 5.56 Å². The predicted octanol–water partition coefficient (Wildman–Crippen LogP) is 1.81. The summed E-state index contributed by atoms with van der Waals surface area (Å²) in [5.41, 5.74) is 1.39. The maximum atomic E-state index is 13.3. The number of H-pyrrole nitrogens is 1. The first-order valence-corrected chi connectivity index (χ1v) is 7.60. The number of rotatable bonds is 4. The molecule has 0 saturated heterocycles. The number of hydrogen-bond donors (Lipinski definition) is 1. The number of aromatic nitrogens is 3. The molecule has 0 saturated carbocycles. The first-order chi connectivity index (χ1) is 11.9. The third-order valence-electron chi connectivity index (χ3n) is 4.00. The fourth-order valence-corrected chi connectivity index (χ4v) is 2.60. The molecule has 0 radical (unpaired) electrons. The number of nitrogens with one attached hydrogen (secondary N) is 1. The fourth-order valence-electron chi connectivity index (χ4n) is 2.60. The summed E-state index contributed by atoms with van der Waals surface area (Å²) in [5.74, 6) is -2.22. The lowest BCUT2D eigenvalue weighted by Gasteiger charge is -2.17. The molecular weight excluding hydrogens is 330 g/mol. The lowest BCUT2D eigenvalue weighted by Crippen LogP contribution is -2.31. The van der Waals surface area contributed by atoms with Crippen molar-refractivity contribution in [2.45, 2.75) is 19.9 Å². The Labute approximate surface area is 141 Å². The van der Waals surface area contributed by atoms with E-state index in [0.717, 1.165) is 12.1 Å². The number of amides is 1. The maximum absolute atomic E-state index is 13.3. The molecule has 6 nitrogen and oxygen atoms in total. The predicted molar refractivity (Wildman–Crippen MR) is 87.1 cm³/mol. The Kier molecular flexibility index (Phi) is 4.35. The van der Waals surface area contributed by atoms with Crippen LogP contribution >= 0.6 is 0 Å². The average Bonchev–Trinajstić information content (AvgIpc) is 3.03. The van der Waals surface area contributed by atoms with E-state index in [9.17, 15) is 18.4 Å². The lowest BCUT2D eigenvalue weighted by atomic mass is 10.1. The first kappa shape index (κ1) is 16.8. The zero-order valence-electron chi connectivity index (χ0n) is 13.7. The van der Waals surface area contributed by atoms with Crippen molar-refractivity contribution in [3.63, 3.8) is 0 Å². The second kappa shape index (κ2) is 6.46. The molecule has 2 heterocycles. The van der Waals surface area contributed by atoms with Crippen molar-refractivity contribution in [1.82, 2.24) is 19.5 Å². The van der Waals surface area contributed by atoms with Crippen LogP contribution in [0.25, 0.3) is 5.65 Å². The highest BCUT2D eigenvalue weighted by atomic mass is 19.2. The van der Waals surface area contributed by atoms with Crippen molar-refractivity contribution in [1.29, 1.82) is 0 Å². The van der Waals surface area contributed by atoms with E-state index in [-0.39, 0.29) is 24.4 Å². The monoisotopic (exact) mass is 346 g/mol. The first-order valence-electron chi connectivity index (χ1n) is 7.60. The molecule has 0 aliphatic heterocycles. The molecule has 8 heteroatoms. The summed E-state index contributed by atoms with van der Waals surface area (Å²) in [4.78, 5) is 30.5. The van der Waals surface area contributed by atoms with Gasteiger partial charge in [-0.3, -0.25) is 14.7 Å². The highest BCUT2D eigenvalue weighted by molar-refractivity contribution is 5.78. The summed E-state index contributed by atoms with van der Waals surface area (Å²) in [5, 5.41) is 2.75. The van der Waals surface area contributed by atoms with Gasteiger partial charge in [0.05, 0.1) is 6.42 Å². The number of aryl methyl sites for hydroxylation is 1. The third-order valence-corrected chi connectivity index (χ3v) is 4.00. The number of halogens is 2. The lowest BCUT2D eigenvalue weighted by molar-refractivity contribution is -0.129. The summed E-state index contributed by atoms with van der Waals surface area (Å²) in [6, 6.07) is 5.14. The molecule has 0 spiro atoms. The van der Waals surface area contributed by atoms with Gasteiger partial charge in [-0.05, 0) is 24.6 Å². The van der Waals surface area contributed by atoms with Gasteiger partial charge < -0.3 is 4.90 Å². The van der Waals surface area contributed by atoms with Gasteiger partial charge in [-0.25, -0.2) is 18.3 Å². The average molecular weight is 346 g/mol. The van der Waals surface area contributed by atoms with Gasteiger partial charge in [0.25, 0.3) is 5.56 Å². The van der Waals surface area contributed by atoms with E-state index in [1.165, 1.54) is 22.5 Å². The van der Waals surface area contributed by atoms with Crippen molar-refractivity contribution >= 4 is 11.6 Å².